The maximum atomic E-state index is 12.1. The molecule has 8 heteroatoms. The zero-order valence-electron chi connectivity index (χ0n) is 15.7. The summed E-state index contributed by atoms with van der Waals surface area (Å²) in [4.78, 5) is 14.9. The van der Waals surface area contributed by atoms with Crippen LogP contribution in [0.1, 0.15) is 41.6 Å². The van der Waals surface area contributed by atoms with Crippen LogP contribution in [0.15, 0.2) is 42.7 Å². The third-order valence-corrected chi connectivity index (χ3v) is 5.78. The Morgan fingerprint density at radius 2 is 1.78 bits per heavy atom. The van der Waals surface area contributed by atoms with E-state index in [-0.39, 0.29) is 6.42 Å². The highest BCUT2D eigenvalue weighted by molar-refractivity contribution is 7.87. The fourth-order valence-corrected chi connectivity index (χ4v) is 3.47. The van der Waals surface area contributed by atoms with Crippen LogP contribution in [0.5, 0.6) is 0 Å². The molecule has 0 bridgehead atoms. The average molecular weight is 391 g/mol. The Labute approximate surface area is 160 Å². The molecule has 0 fully saturated rings. The van der Waals surface area contributed by atoms with E-state index >= 15 is 0 Å². The number of nitrogens with one attached hydrogen (secondary N) is 1. The van der Waals surface area contributed by atoms with E-state index in [1.54, 1.807) is 19.3 Å². The molecule has 0 spiro atoms. The molecule has 2 rings (SSSR count). The number of hydrogen-bond acceptors (Lipinski definition) is 4. The minimum atomic E-state index is -3.57. The second-order valence-electron chi connectivity index (χ2n) is 6.64. The number of hydrogen-bond donors (Lipinski definition) is 2. The van der Waals surface area contributed by atoms with Gasteiger partial charge in [0.15, 0.2) is 0 Å². The van der Waals surface area contributed by atoms with Gasteiger partial charge in [0, 0.05) is 39.0 Å². The lowest BCUT2D eigenvalue weighted by Crippen LogP contribution is -2.37. The van der Waals surface area contributed by atoms with Crippen LogP contribution in [0.3, 0.4) is 0 Å². The van der Waals surface area contributed by atoms with E-state index in [0.29, 0.717) is 12.8 Å². The van der Waals surface area contributed by atoms with E-state index in [2.05, 4.69) is 9.71 Å². The second-order valence-corrected chi connectivity index (χ2v) is 8.55. The van der Waals surface area contributed by atoms with E-state index in [9.17, 15) is 13.2 Å². The molecule has 0 aliphatic heterocycles. The third kappa shape index (κ3) is 6.42. The first-order chi connectivity index (χ1) is 12.7. The monoisotopic (exact) mass is 391 g/mol. The lowest BCUT2D eigenvalue weighted by molar-refractivity contribution is -0.136. The van der Waals surface area contributed by atoms with Crippen LogP contribution < -0.4 is 4.72 Å². The van der Waals surface area contributed by atoms with Gasteiger partial charge in [0.2, 0.25) is 0 Å². The van der Waals surface area contributed by atoms with Crippen LogP contribution >= 0.6 is 0 Å². The summed E-state index contributed by atoms with van der Waals surface area (Å²) in [5.41, 5.74) is 3.74. The molecule has 1 heterocycles. The van der Waals surface area contributed by atoms with Gasteiger partial charge in [0.25, 0.3) is 10.2 Å². The van der Waals surface area contributed by atoms with E-state index in [1.807, 2.05) is 30.3 Å². The van der Waals surface area contributed by atoms with Crippen molar-refractivity contribution < 1.29 is 18.3 Å². The number of aryl methyl sites for hydroxylation is 1. The summed E-state index contributed by atoms with van der Waals surface area (Å²) in [5, 5.41) is 8.97. The van der Waals surface area contributed by atoms with Crippen LogP contribution in [-0.4, -0.2) is 42.9 Å². The molecule has 27 heavy (non-hydrogen) atoms. The number of carbonyl (C=O) groups is 1. The molecule has 0 saturated heterocycles. The first-order valence-electron chi connectivity index (χ1n) is 8.60. The average Bonchev–Trinajstić information content (AvgIpc) is 2.60. The number of rotatable bonds is 9. The Kier molecular flexibility index (Phi) is 7.06. The summed E-state index contributed by atoms with van der Waals surface area (Å²) in [6.07, 6.45) is 4.51. The standard InChI is InChI=1S/C19H25N3O4S/c1-14(21-27(25,26)22(2)3)18-12-16(4-5-19(23)24)11-17(13-18)10-15-6-8-20-9-7-15/h6-9,11-14,21H,4-5,10H2,1-3H3,(H,23,24). The molecular formula is C19H25N3O4S. The van der Waals surface area contributed by atoms with Gasteiger partial charge in [0.1, 0.15) is 0 Å². The first kappa shape index (κ1) is 21.0. The van der Waals surface area contributed by atoms with Gasteiger partial charge in [-0.3, -0.25) is 9.78 Å². The van der Waals surface area contributed by atoms with Gasteiger partial charge in [0.05, 0.1) is 0 Å². The fraction of sp³-hybridized carbons (Fsp3) is 0.368. The zero-order valence-corrected chi connectivity index (χ0v) is 16.5. The van der Waals surface area contributed by atoms with Crippen LogP contribution in [0.25, 0.3) is 0 Å². The smallest absolute Gasteiger partial charge is 0.303 e. The van der Waals surface area contributed by atoms with Gasteiger partial charge < -0.3 is 5.11 Å². The summed E-state index contributed by atoms with van der Waals surface area (Å²) in [5.74, 6) is -0.863. The molecule has 1 aromatic carbocycles. The molecular weight excluding hydrogens is 366 g/mol. The van der Waals surface area contributed by atoms with Crippen molar-refractivity contribution in [3.05, 3.63) is 65.0 Å². The summed E-state index contributed by atoms with van der Waals surface area (Å²) in [6, 6.07) is 9.18. The third-order valence-electron chi connectivity index (χ3n) is 4.17. The number of carboxylic acid groups (broad SMARTS) is 1. The van der Waals surface area contributed by atoms with Crippen molar-refractivity contribution >= 4 is 16.2 Å². The molecule has 146 valence electrons. The molecule has 1 atom stereocenters. The second kappa shape index (κ2) is 9.07. The normalized spacial score (nSPS) is 12.9. The molecule has 0 aliphatic carbocycles. The summed E-state index contributed by atoms with van der Waals surface area (Å²) < 4.78 is 28.0. The fourth-order valence-electron chi connectivity index (χ4n) is 2.67. The van der Waals surface area contributed by atoms with Crippen LogP contribution in [0.4, 0.5) is 0 Å². The highest BCUT2D eigenvalue weighted by atomic mass is 32.2. The summed E-state index contributed by atoms with van der Waals surface area (Å²) in [6.45, 7) is 1.77. The highest BCUT2D eigenvalue weighted by Crippen LogP contribution is 2.21. The number of aromatic nitrogens is 1. The van der Waals surface area contributed by atoms with Crippen LogP contribution in [0.2, 0.25) is 0 Å². The Morgan fingerprint density at radius 1 is 1.15 bits per heavy atom. The minimum Gasteiger partial charge on any atom is -0.481 e. The van der Waals surface area contributed by atoms with Gasteiger partial charge >= 0.3 is 5.97 Å². The van der Waals surface area contributed by atoms with Crippen molar-refractivity contribution in [1.82, 2.24) is 14.0 Å². The number of benzene rings is 1. The van der Waals surface area contributed by atoms with Gasteiger partial charge in [-0.25, -0.2) is 0 Å². The molecule has 7 nitrogen and oxygen atoms in total. The molecule has 0 radical (unpaired) electrons. The molecule has 0 saturated carbocycles. The molecule has 1 aromatic heterocycles. The Bertz CT molecular complexity index is 883. The van der Waals surface area contributed by atoms with Crippen molar-refractivity contribution in [2.45, 2.75) is 32.2 Å². The first-order valence-corrected chi connectivity index (χ1v) is 10.0. The van der Waals surface area contributed by atoms with E-state index in [0.717, 1.165) is 26.6 Å². The topological polar surface area (TPSA) is 99.6 Å². The van der Waals surface area contributed by atoms with Crippen molar-refractivity contribution in [1.29, 1.82) is 0 Å². The van der Waals surface area contributed by atoms with Crippen molar-refractivity contribution in [2.24, 2.45) is 0 Å². The predicted molar refractivity (Wildman–Crippen MR) is 104 cm³/mol. The molecule has 2 N–H and O–H groups in total. The minimum absolute atomic E-state index is 0.0238. The SMILES string of the molecule is CC(NS(=O)(=O)N(C)C)c1cc(CCC(=O)O)cc(Cc2ccncc2)c1. The predicted octanol–water partition coefficient (Wildman–Crippen LogP) is 2.15. The van der Waals surface area contributed by atoms with Crippen molar-refractivity contribution in [3.8, 4) is 0 Å². The van der Waals surface area contributed by atoms with Crippen molar-refractivity contribution in [2.75, 3.05) is 14.1 Å². The van der Waals surface area contributed by atoms with Gasteiger partial charge in [-0.2, -0.15) is 17.4 Å². The lowest BCUT2D eigenvalue weighted by atomic mass is 9.96. The van der Waals surface area contributed by atoms with Crippen LogP contribution in [0, 0.1) is 0 Å². The molecule has 2 aromatic rings. The highest BCUT2D eigenvalue weighted by Gasteiger charge is 2.19. The number of nitrogens with zero attached hydrogens (tertiary/aromatic N) is 2. The van der Waals surface area contributed by atoms with Gasteiger partial charge in [-0.15, -0.1) is 0 Å². The maximum absolute atomic E-state index is 12.1. The largest absolute Gasteiger partial charge is 0.481 e. The van der Waals surface area contributed by atoms with Crippen LogP contribution in [-0.2, 0) is 27.8 Å². The Morgan fingerprint density at radius 3 is 2.37 bits per heavy atom. The number of carboxylic acids is 1. The summed E-state index contributed by atoms with van der Waals surface area (Å²) >= 11 is 0. The molecule has 0 aliphatic rings. The number of aliphatic carboxylic acids is 1. The van der Waals surface area contributed by atoms with E-state index < -0.39 is 22.2 Å². The van der Waals surface area contributed by atoms with Crippen molar-refractivity contribution in [3.63, 3.8) is 0 Å². The van der Waals surface area contributed by atoms with E-state index in [1.165, 1.54) is 14.1 Å². The summed E-state index contributed by atoms with van der Waals surface area (Å²) in [7, 11) is -0.644. The molecule has 1 unspecified atom stereocenters. The number of pyridine rings is 1. The quantitative estimate of drug-likeness (QED) is 0.682. The molecule has 0 amide bonds. The van der Waals surface area contributed by atoms with Gasteiger partial charge in [-0.05, 0) is 54.2 Å². The van der Waals surface area contributed by atoms with Gasteiger partial charge in [-0.1, -0.05) is 18.2 Å². The zero-order chi connectivity index (χ0) is 20.0. The Hall–Kier alpha value is -2.29. The van der Waals surface area contributed by atoms with E-state index in [4.69, 9.17) is 5.11 Å². The maximum Gasteiger partial charge on any atom is 0.303 e. The lowest BCUT2D eigenvalue weighted by Gasteiger charge is -2.20. The Balaban J connectivity index is 2.32.